The first-order valence-corrected chi connectivity index (χ1v) is 12.7. The minimum Gasteiger partial charge on any atom is -0.465 e. The first-order chi connectivity index (χ1) is 17.2. The van der Waals surface area contributed by atoms with Gasteiger partial charge in [-0.3, -0.25) is 19.8 Å². The predicted octanol–water partition coefficient (Wildman–Crippen LogP) is 3.66. The number of hydrogen-bond acceptors (Lipinski definition) is 4. The van der Waals surface area contributed by atoms with Gasteiger partial charge in [-0.05, 0) is 63.1 Å². The van der Waals surface area contributed by atoms with Gasteiger partial charge in [0.2, 0.25) is 5.91 Å². The Balaban J connectivity index is 1.40. The van der Waals surface area contributed by atoms with Gasteiger partial charge in [-0.15, -0.1) is 0 Å². The second-order valence-electron chi connectivity index (χ2n) is 10.6. The van der Waals surface area contributed by atoms with Crippen molar-refractivity contribution in [3.8, 4) is 0 Å². The number of aromatic nitrogens is 1. The van der Waals surface area contributed by atoms with Crippen molar-refractivity contribution in [1.29, 1.82) is 0 Å². The summed E-state index contributed by atoms with van der Waals surface area (Å²) in [7, 11) is 0. The Hall–Kier alpha value is -3.56. The van der Waals surface area contributed by atoms with Crippen LogP contribution in [-0.2, 0) is 4.79 Å². The van der Waals surface area contributed by atoms with E-state index in [2.05, 4.69) is 23.7 Å². The van der Waals surface area contributed by atoms with Gasteiger partial charge in [0, 0.05) is 62.3 Å². The molecule has 10 heteroatoms. The van der Waals surface area contributed by atoms with E-state index in [1.807, 2.05) is 23.2 Å². The van der Waals surface area contributed by atoms with Crippen LogP contribution < -0.4 is 10.2 Å². The molecular weight excluding hydrogens is 462 g/mol. The Kier molecular flexibility index (Phi) is 6.13. The second-order valence-corrected chi connectivity index (χ2v) is 10.6. The molecule has 3 fully saturated rings. The highest BCUT2D eigenvalue weighted by molar-refractivity contribution is 6.11. The number of piperidine rings is 2. The maximum Gasteiger partial charge on any atom is 0.407 e. The summed E-state index contributed by atoms with van der Waals surface area (Å²) in [4.78, 5) is 54.2. The number of hydrogen-bond donors (Lipinski definition) is 2. The van der Waals surface area contributed by atoms with E-state index >= 15 is 0 Å². The zero-order valence-electron chi connectivity index (χ0n) is 20.8. The van der Waals surface area contributed by atoms with Gasteiger partial charge < -0.3 is 19.5 Å². The minimum atomic E-state index is -0.860. The molecule has 1 spiro atoms. The molecule has 3 saturated heterocycles. The van der Waals surface area contributed by atoms with Gasteiger partial charge in [0.15, 0.2) is 0 Å². The van der Waals surface area contributed by atoms with Gasteiger partial charge in [-0.2, -0.15) is 0 Å². The number of carbonyl (C=O) groups is 4. The second kappa shape index (κ2) is 9.15. The number of urea groups is 1. The number of carboxylic acid groups (broad SMARTS) is 1. The highest BCUT2D eigenvalue weighted by Crippen LogP contribution is 2.42. The molecule has 3 aliphatic heterocycles. The molecule has 36 heavy (non-hydrogen) atoms. The summed E-state index contributed by atoms with van der Waals surface area (Å²) in [6.45, 7) is 6.77. The number of amides is 5. The first-order valence-electron chi connectivity index (χ1n) is 12.7. The maximum absolute atomic E-state index is 13.7. The van der Waals surface area contributed by atoms with Crippen molar-refractivity contribution in [2.45, 2.75) is 52.0 Å². The van der Waals surface area contributed by atoms with Gasteiger partial charge in [0.05, 0.1) is 11.2 Å². The molecule has 0 atom stereocenters. The molecule has 0 bridgehead atoms. The third-order valence-corrected chi connectivity index (χ3v) is 8.17. The molecule has 0 unspecified atom stereocenters. The van der Waals surface area contributed by atoms with Crippen molar-refractivity contribution in [3.05, 3.63) is 30.0 Å². The normalized spacial score (nSPS) is 20.4. The van der Waals surface area contributed by atoms with Gasteiger partial charge in [-0.25, -0.2) is 9.59 Å². The summed E-state index contributed by atoms with van der Waals surface area (Å²) in [5, 5.41) is 12.5. The summed E-state index contributed by atoms with van der Waals surface area (Å²) in [6, 6.07) is 5.34. The number of benzene rings is 1. The molecule has 10 nitrogen and oxygen atoms in total. The van der Waals surface area contributed by atoms with E-state index in [0.717, 1.165) is 36.6 Å². The van der Waals surface area contributed by atoms with E-state index < -0.39 is 12.1 Å². The summed E-state index contributed by atoms with van der Waals surface area (Å²) in [6.07, 6.45) is 4.71. The Bertz CT molecular complexity index is 1220. The lowest BCUT2D eigenvalue weighted by Crippen LogP contribution is -2.50. The highest BCUT2D eigenvalue weighted by Gasteiger charge is 2.40. The number of nitrogens with zero attached hydrogens (tertiary/aromatic N) is 4. The fraction of sp³-hybridized carbons (Fsp3) is 0.538. The number of carbonyl (C=O) groups excluding carboxylic acids is 3. The predicted molar refractivity (Wildman–Crippen MR) is 134 cm³/mol. The standard InChI is InChI=1S/C26H33N5O5/c1-17(2)30-9-3-19-20(30)15-18(16-21(19)31-10-4-22(32)27-24(31)34)23(33)28-11-5-26(6-12-28)7-13-29(14-8-26)25(35)36/h3,9,15-17H,4-8,10-14H2,1-2H3,(H,35,36)(H,27,32,34). The van der Waals surface area contributed by atoms with Gasteiger partial charge in [-0.1, -0.05) is 0 Å². The van der Waals surface area contributed by atoms with Crippen molar-refractivity contribution < 1.29 is 24.3 Å². The van der Waals surface area contributed by atoms with Gasteiger partial charge in [0.1, 0.15) is 0 Å². The molecule has 2 N–H and O–H groups in total. The van der Waals surface area contributed by atoms with Crippen molar-refractivity contribution in [3.63, 3.8) is 0 Å². The fourth-order valence-corrected chi connectivity index (χ4v) is 5.87. The van der Waals surface area contributed by atoms with Crippen molar-refractivity contribution in [2.75, 3.05) is 37.6 Å². The number of likely N-dealkylation sites (tertiary alicyclic amines) is 2. The van der Waals surface area contributed by atoms with Crippen LogP contribution in [0.4, 0.5) is 15.3 Å². The fourth-order valence-electron chi connectivity index (χ4n) is 5.87. The average Bonchev–Trinajstić information content (AvgIpc) is 3.29. The van der Waals surface area contributed by atoms with Crippen LogP contribution in [0.1, 0.15) is 62.4 Å². The van der Waals surface area contributed by atoms with Crippen LogP contribution >= 0.6 is 0 Å². The highest BCUT2D eigenvalue weighted by atomic mass is 16.4. The topological polar surface area (TPSA) is 115 Å². The lowest BCUT2D eigenvalue weighted by atomic mass is 9.71. The molecule has 5 rings (SSSR count). The molecule has 3 aliphatic rings. The maximum atomic E-state index is 13.7. The van der Waals surface area contributed by atoms with Gasteiger partial charge in [0.25, 0.3) is 5.91 Å². The van der Waals surface area contributed by atoms with Crippen LogP contribution in [0.3, 0.4) is 0 Å². The third kappa shape index (κ3) is 4.29. The number of anilines is 1. The number of nitrogens with one attached hydrogen (secondary N) is 1. The van der Waals surface area contributed by atoms with E-state index in [0.29, 0.717) is 37.4 Å². The SMILES string of the molecule is CC(C)n1ccc2c(N3CCC(=O)NC3=O)cc(C(=O)N3CCC4(CCN(C(=O)O)CC4)CC3)cc21. The molecule has 1 aromatic carbocycles. The van der Waals surface area contributed by atoms with E-state index in [4.69, 9.17) is 0 Å². The average molecular weight is 496 g/mol. The zero-order chi connectivity index (χ0) is 25.6. The minimum absolute atomic E-state index is 0.0685. The summed E-state index contributed by atoms with van der Waals surface area (Å²) < 4.78 is 2.09. The molecule has 0 saturated carbocycles. The van der Waals surface area contributed by atoms with E-state index in [9.17, 15) is 24.3 Å². The molecule has 5 amide bonds. The molecule has 1 aromatic heterocycles. The van der Waals surface area contributed by atoms with E-state index in [1.54, 1.807) is 11.0 Å². The lowest BCUT2D eigenvalue weighted by molar-refractivity contribution is -0.120. The smallest absolute Gasteiger partial charge is 0.407 e. The summed E-state index contributed by atoms with van der Waals surface area (Å²) in [5.74, 6) is -0.364. The molecule has 0 radical (unpaired) electrons. The quantitative estimate of drug-likeness (QED) is 0.674. The third-order valence-electron chi connectivity index (χ3n) is 8.17. The van der Waals surface area contributed by atoms with Crippen molar-refractivity contribution >= 4 is 40.5 Å². The first kappa shape index (κ1) is 24.1. The van der Waals surface area contributed by atoms with E-state index in [-0.39, 0.29) is 36.2 Å². The lowest BCUT2D eigenvalue weighted by Gasteiger charge is -2.46. The molecule has 2 aromatic rings. The Morgan fingerprint density at radius 1 is 0.972 bits per heavy atom. The Morgan fingerprint density at radius 3 is 2.19 bits per heavy atom. The number of imide groups is 1. The van der Waals surface area contributed by atoms with Crippen LogP contribution in [0.15, 0.2) is 24.4 Å². The van der Waals surface area contributed by atoms with Crippen LogP contribution in [0.2, 0.25) is 0 Å². The number of rotatable bonds is 3. The van der Waals surface area contributed by atoms with Crippen molar-refractivity contribution in [1.82, 2.24) is 19.7 Å². The Labute approximate surface area is 209 Å². The summed E-state index contributed by atoms with van der Waals surface area (Å²) >= 11 is 0. The number of fused-ring (bicyclic) bond motifs is 1. The van der Waals surface area contributed by atoms with Crippen LogP contribution in [-0.4, -0.2) is 76.1 Å². The largest absolute Gasteiger partial charge is 0.465 e. The van der Waals surface area contributed by atoms with Crippen LogP contribution in [0.25, 0.3) is 10.9 Å². The summed E-state index contributed by atoms with van der Waals surface area (Å²) in [5.41, 5.74) is 2.14. The van der Waals surface area contributed by atoms with E-state index in [1.165, 1.54) is 4.90 Å². The zero-order valence-corrected chi connectivity index (χ0v) is 20.8. The van der Waals surface area contributed by atoms with Crippen LogP contribution in [0, 0.1) is 5.41 Å². The van der Waals surface area contributed by atoms with Crippen molar-refractivity contribution in [2.24, 2.45) is 5.41 Å². The van der Waals surface area contributed by atoms with Gasteiger partial charge >= 0.3 is 12.1 Å². The monoisotopic (exact) mass is 495 g/mol. The molecule has 4 heterocycles. The Morgan fingerprint density at radius 2 is 1.61 bits per heavy atom. The van der Waals surface area contributed by atoms with Crippen LogP contribution in [0.5, 0.6) is 0 Å². The molecule has 0 aliphatic carbocycles. The molecule has 192 valence electrons. The molecular formula is C26H33N5O5.